The van der Waals surface area contributed by atoms with Gasteiger partial charge in [-0.1, -0.05) is 12.1 Å². The van der Waals surface area contributed by atoms with E-state index in [9.17, 15) is 14.0 Å². The van der Waals surface area contributed by atoms with Crippen LogP contribution in [-0.4, -0.2) is 25.5 Å². The normalized spacial score (nSPS) is 10.1. The van der Waals surface area contributed by atoms with Crippen LogP contribution in [0.2, 0.25) is 0 Å². The first-order valence-electron chi connectivity index (χ1n) is 5.83. The Hall–Kier alpha value is -2.21. The first-order valence-corrected chi connectivity index (χ1v) is 6.65. The Labute approximate surface area is 119 Å². The average molecular weight is 293 g/mol. The van der Waals surface area contributed by atoms with Crippen LogP contribution in [0.5, 0.6) is 0 Å². The van der Waals surface area contributed by atoms with Gasteiger partial charge >= 0.3 is 5.97 Å². The highest BCUT2D eigenvalue weighted by atomic mass is 32.1. The molecule has 20 heavy (non-hydrogen) atoms. The molecule has 0 saturated carbocycles. The Bertz CT molecular complexity index is 622. The van der Waals surface area contributed by atoms with E-state index < -0.39 is 5.97 Å². The van der Waals surface area contributed by atoms with Crippen LogP contribution in [0.15, 0.2) is 36.4 Å². The van der Waals surface area contributed by atoms with Crippen molar-refractivity contribution in [3.8, 4) is 10.4 Å². The van der Waals surface area contributed by atoms with E-state index in [0.29, 0.717) is 4.88 Å². The number of thiophene rings is 1. The minimum atomic E-state index is -0.549. The van der Waals surface area contributed by atoms with Crippen molar-refractivity contribution in [2.75, 3.05) is 13.7 Å². The van der Waals surface area contributed by atoms with E-state index >= 15 is 0 Å². The summed E-state index contributed by atoms with van der Waals surface area (Å²) in [6.45, 7) is -0.306. The van der Waals surface area contributed by atoms with Crippen LogP contribution in [0.25, 0.3) is 10.4 Å². The van der Waals surface area contributed by atoms with E-state index in [-0.39, 0.29) is 18.3 Å². The predicted molar refractivity (Wildman–Crippen MR) is 74.1 cm³/mol. The second kappa shape index (κ2) is 6.29. The number of halogens is 1. The van der Waals surface area contributed by atoms with Crippen LogP contribution in [0.1, 0.15) is 9.67 Å². The summed E-state index contributed by atoms with van der Waals surface area (Å²) < 4.78 is 17.7. The van der Waals surface area contributed by atoms with Gasteiger partial charge in [0.25, 0.3) is 5.91 Å². The maximum absolute atomic E-state index is 12.8. The number of carbonyl (C=O) groups excluding carboxylic acids is 2. The number of hydrogen-bond acceptors (Lipinski definition) is 4. The molecule has 1 N–H and O–H groups in total. The molecule has 1 heterocycles. The Balaban J connectivity index is 2.06. The van der Waals surface area contributed by atoms with Gasteiger partial charge in [0.05, 0.1) is 0 Å². The third-order valence-corrected chi connectivity index (χ3v) is 3.66. The Kier molecular flexibility index (Phi) is 4.47. The van der Waals surface area contributed by atoms with Crippen molar-refractivity contribution in [2.45, 2.75) is 0 Å². The van der Waals surface area contributed by atoms with Gasteiger partial charge < -0.3 is 10.1 Å². The van der Waals surface area contributed by atoms with Gasteiger partial charge in [-0.25, -0.2) is 9.18 Å². The van der Waals surface area contributed by atoms with Crippen molar-refractivity contribution in [1.29, 1.82) is 0 Å². The van der Waals surface area contributed by atoms with Crippen molar-refractivity contribution in [3.05, 3.63) is 47.1 Å². The number of ether oxygens (including phenoxy) is 1. The molecule has 0 aliphatic heterocycles. The lowest BCUT2D eigenvalue weighted by molar-refractivity contribution is -0.123. The van der Waals surface area contributed by atoms with Crippen LogP contribution < -0.4 is 5.32 Å². The van der Waals surface area contributed by atoms with Gasteiger partial charge in [0.1, 0.15) is 10.7 Å². The molecule has 0 atom stereocenters. The summed E-state index contributed by atoms with van der Waals surface area (Å²) in [4.78, 5) is 23.9. The summed E-state index contributed by atoms with van der Waals surface area (Å²) in [5.74, 6) is -1.23. The molecule has 0 radical (unpaired) electrons. The number of rotatable bonds is 4. The summed E-state index contributed by atoms with van der Waals surface area (Å²) in [6, 6.07) is 9.38. The van der Waals surface area contributed by atoms with Gasteiger partial charge in [-0.05, 0) is 29.8 Å². The average Bonchev–Trinajstić information content (AvgIpc) is 2.95. The number of amides is 1. The van der Waals surface area contributed by atoms with Crippen molar-refractivity contribution in [2.24, 2.45) is 0 Å². The monoisotopic (exact) mass is 293 g/mol. The molecule has 2 aromatic rings. The molecule has 0 aliphatic carbocycles. The first-order chi connectivity index (χ1) is 9.60. The fourth-order valence-electron chi connectivity index (χ4n) is 1.49. The highest BCUT2D eigenvalue weighted by Gasteiger charge is 2.13. The molecule has 2 rings (SSSR count). The lowest BCUT2D eigenvalue weighted by Crippen LogP contribution is -2.24. The molecule has 1 aromatic heterocycles. The zero-order valence-electron chi connectivity index (χ0n) is 10.7. The number of likely N-dealkylation sites (N-methyl/N-ethyl adjacent to an activating group) is 1. The lowest BCUT2D eigenvalue weighted by Gasteiger charge is -2.01. The van der Waals surface area contributed by atoms with Crippen molar-refractivity contribution < 1.29 is 18.7 Å². The van der Waals surface area contributed by atoms with Gasteiger partial charge in [0, 0.05) is 11.9 Å². The van der Waals surface area contributed by atoms with Crippen molar-refractivity contribution in [3.63, 3.8) is 0 Å². The second-order valence-corrected chi connectivity index (χ2v) is 5.00. The lowest BCUT2D eigenvalue weighted by atomic mass is 10.2. The van der Waals surface area contributed by atoms with Crippen molar-refractivity contribution in [1.82, 2.24) is 5.32 Å². The molecule has 1 aromatic carbocycles. The quantitative estimate of drug-likeness (QED) is 0.881. The van der Waals surface area contributed by atoms with E-state index in [4.69, 9.17) is 4.74 Å². The van der Waals surface area contributed by atoms with Crippen LogP contribution in [0, 0.1) is 5.82 Å². The topological polar surface area (TPSA) is 55.4 Å². The molecular weight excluding hydrogens is 281 g/mol. The number of hydrogen-bond donors (Lipinski definition) is 1. The predicted octanol–water partition coefficient (Wildman–Crippen LogP) is 2.46. The maximum Gasteiger partial charge on any atom is 0.348 e. The standard InChI is InChI=1S/C14H12FNO3S/c1-16-13(17)8-19-14(18)12-7-6-11(20-12)9-2-4-10(15)5-3-9/h2-7H,8H2,1H3,(H,16,17). The summed E-state index contributed by atoms with van der Waals surface area (Å²) in [5, 5.41) is 2.36. The highest BCUT2D eigenvalue weighted by molar-refractivity contribution is 7.17. The molecule has 0 saturated heterocycles. The van der Waals surface area contributed by atoms with Crippen LogP contribution >= 0.6 is 11.3 Å². The SMILES string of the molecule is CNC(=O)COC(=O)c1ccc(-c2ccc(F)cc2)s1. The largest absolute Gasteiger partial charge is 0.451 e. The van der Waals surface area contributed by atoms with E-state index in [0.717, 1.165) is 10.4 Å². The van der Waals surface area contributed by atoms with Crippen LogP contribution in [0.3, 0.4) is 0 Å². The van der Waals surface area contributed by atoms with E-state index in [1.54, 1.807) is 24.3 Å². The smallest absolute Gasteiger partial charge is 0.348 e. The minimum absolute atomic E-state index is 0.306. The third-order valence-electron chi connectivity index (χ3n) is 2.55. The zero-order chi connectivity index (χ0) is 14.5. The maximum atomic E-state index is 12.8. The van der Waals surface area contributed by atoms with Crippen LogP contribution in [-0.2, 0) is 9.53 Å². The van der Waals surface area contributed by atoms with E-state index in [1.165, 1.54) is 30.5 Å². The molecule has 0 unspecified atom stereocenters. The molecule has 0 bridgehead atoms. The molecule has 104 valence electrons. The Morgan fingerprint density at radius 3 is 2.55 bits per heavy atom. The summed E-state index contributed by atoms with van der Waals surface area (Å²) >= 11 is 1.23. The fraction of sp³-hybridized carbons (Fsp3) is 0.143. The van der Waals surface area contributed by atoms with Gasteiger partial charge in [-0.3, -0.25) is 4.79 Å². The first kappa shape index (κ1) is 14.2. The molecular formula is C14H12FNO3S. The molecule has 6 heteroatoms. The summed E-state index contributed by atoms with van der Waals surface area (Å²) in [6.07, 6.45) is 0. The molecule has 0 spiro atoms. The van der Waals surface area contributed by atoms with E-state index in [2.05, 4.69) is 5.32 Å². The van der Waals surface area contributed by atoms with Gasteiger partial charge in [-0.15, -0.1) is 11.3 Å². The van der Waals surface area contributed by atoms with Crippen molar-refractivity contribution >= 4 is 23.2 Å². The molecule has 0 fully saturated rings. The molecule has 0 aliphatic rings. The Morgan fingerprint density at radius 2 is 1.90 bits per heavy atom. The number of carbonyl (C=O) groups is 2. The fourth-order valence-corrected chi connectivity index (χ4v) is 2.40. The van der Waals surface area contributed by atoms with E-state index in [1.807, 2.05) is 0 Å². The second-order valence-electron chi connectivity index (χ2n) is 3.92. The van der Waals surface area contributed by atoms with Gasteiger partial charge in [0.15, 0.2) is 6.61 Å². The summed E-state index contributed by atoms with van der Waals surface area (Å²) in [7, 11) is 1.47. The highest BCUT2D eigenvalue weighted by Crippen LogP contribution is 2.28. The molecule has 4 nitrogen and oxygen atoms in total. The summed E-state index contributed by atoms with van der Waals surface area (Å²) in [5.41, 5.74) is 0.821. The zero-order valence-corrected chi connectivity index (χ0v) is 11.5. The molecule has 1 amide bonds. The van der Waals surface area contributed by atoms with Crippen LogP contribution in [0.4, 0.5) is 4.39 Å². The Morgan fingerprint density at radius 1 is 1.20 bits per heavy atom. The van der Waals surface area contributed by atoms with Gasteiger partial charge in [-0.2, -0.15) is 0 Å². The minimum Gasteiger partial charge on any atom is -0.451 e. The number of esters is 1. The third kappa shape index (κ3) is 3.42. The number of nitrogens with one attached hydrogen (secondary N) is 1. The number of benzene rings is 1. The van der Waals surface area contributed by atoms with Gasteiger partial charge in [0.2, 0.25) is 0 Å².